The highest BCUT2D eigenvalue weighted by Gasteiger charge is 2.46. The normalized spacial score (nSPS) is 19.0. The summed E-state index contributed by atoms with van der Waals surface area (Å²) < 4.78 is 58.4. The number of alkyl halides is 3. The van der Waals surface area contributed by atoms with Gasteiger partial charge in [0.25, 0.3) is 0 Å². The van der Waals surface area contributed by atoms with Crippen LogP contribution in [-0.2, 0) is 20.5 Å². The topological polar surface area (TPSA) is 109 Å². The Kier molecular flexibility index (Phi) is 8.57. The molecule has 2 amide bonds. The minimum absolute atomic E-state index is 0.0980. The summed E-state index contributed by atoms with van der Waals surface area (Å²) in [7, 11) is 0. The van der Waals surface area contributed by atoms with E-state index in [2.05, 4.69) is 20.9 Å². The average Bonchev–Trinajstić information content (AvgIpc) is 2.93. The Morgan fingerprint density at radius 2 is 1.83 bits per heavy atom. The number of amides is 2. The Hall–Kier alpha value is -4.26. The number of benzene rings is 3. The van der Waals surface area contributed by atoms with Gasteiger partial charge in [-0.15, -0.1) is 0 Å². The highest BCUT2D eigenvalue weighted by atomic mass is 19.4. The van der Waals surface area contributed by atoms with Gasteiger partial charge >= 0.3 is 6.18 Å². The number of fused-ring (bicyclic) bond motifs is 1. The summed E-state index contributed by atoms with van der Waals surface area (Å²) in [4.78, 5) is 27.8. The molecule has 3 aromatic rings. The number of nitrogens with one attached hydrogen (secondary N) is 3. The largest absolute Gasteiger partial charge is 0.419 e. The summed E-state index contributed by atoms with van der Waals surface area (Å²) in [5, 5.41) is 8.42. The van der Waals surface area contributed by atoms with Crippen molar-refractivity contribution in [2.24, 2.45) is 0 Å². The number of nitrogens with two attached hydrogens (primary N) is 1. The summed E-state index contributed by atoms with van der Waals surface area (Å²) in [5.41, 5.74) is 6.55. The molecular formula is C30H29F4N5O3. The number of halogens is 4. The van der Waals surface area contributed by atoms with Crippen molar-refractivity contribution < 1.29 is 31.9 Å². The van der Waals surface area contributed by atoms with Crippen LogP contribution in [0.25, 0.3) is 6.08 Å². The van der Waals surface area contributed by atoms with Gasteiger partial charge in [-0.2, -0.15) is 13.2 Å². The molecule has 0 saturated carbocycles. The fourth-order valence-corrected chi connectivity index (χ4v) is 4.83. The number of carbonyl (C=O) groups is 2. The molecule has 220 valence electrons. The third-order valence-corrected chi connectivity index (χ3v) is 7.26. The van der Waals surface area contributed by atoms with Crippen LogP contribution >= 0.6 is 0 Å². The molecule has 3 atom stereocenters. The van der Waals surface area contributed by atoms with Crippen molar-refractivity contribution in [3.05, 3.63) is 95.3 Å². The van der Waals surface area contributed by atoms with Crippen LogP contribution in [0.1, 0.15) is 22.7 Å². The zero-order valence-corrected chi connectivity index (χ0v) is 22.3. The van der Waals surface area contributed by atoms with Gasteiger partial charge in [-0.1, -0.05) is 36.4 Å². The van der Waals surface area contributed by atoms with Gasteiger partial charge in [-0.3, -0.25) is 14.5 Å². The lowest BCUT2D eigenvalue weighted by atomic mass is 9.95. The van der Waals surface area contributed by atoms with E-state index in [1.165, 1.54) is 6.08 Å². The van der Waals surface area contributed by atoms with Crippen molar-refractivity contribution in [1.29, 1.82) is 0 Å². The third kappa shape index (κ3) is 6.78. The molecule has 2 heterocycles. The second-order valence-corrected chi connectivity index (χ2v) is 10.1. The number of nitrogen functional groups attached to an aromatic ring is 1. The lowest BCUT2D eigenvalue weighted by Gasteiger charge is -2.55. The van der Waals surface area contributed by atoms with Crippen LogP contribution < -0.4 is 21.7 Å². The van der Waals surface area contributed by atoms with Gasteiger partial charge in [-0.25, -0.2) is 4.39 Å². The first-order valence-corrected chi connectivity index (χ1v) is 13.3. The number of para-hydroxylation sites is 2. The highest BCUT2D eigenvalue weighted by Crippen LogP contribution is 2.33. The van der Waals surface area contributed by atoms with E-state index in [-0.39, 0.29) is 17.7 Å². The molecule has 0 radical (unpaired) electrons. The van der Waals surface area contributed by atoms with Gasteiger partial charge < -0.3 is 26.4 Å². The molecule has 2 fully saturated rings. The second-order valence-electron chi connectivity index (χ2n) is 10.1. The molecular weight excluding hydrogens is 554 g/mol. The maximum Gasteiger partial charge on any atom is 0.419 e. The van der Waals surface area contributed by atoms with E-state index in [9.17, 15) is 27.2 Å². The first kappa shape index (κ1) is 29.2. The average molecular weight is 584 g/mol. The number of likely N-dealkylation sites (tertiary alicyclic amines) is 1. The van der Waals surface area contributed by atoms with Crippen LogP contribution in [0.5, 0.6) is 0 Å². The molecule has 2 aliphatic rings. The van der Waals surface area contributed by atoms with Gasteiger partial charge in [0.2, 0.25) is 11.8 Å². The predicted octanol–water partition coefficient (Wildman–Crippen LogP) is 4.43. The van der Waals surface area contributed by atoms with Crippen LogP contribution in [0, 0.1) is 5.82 Å². The summed E-state index contributed by atoms with van der Waals surface area (Å²) in [6.45, 7) is 2.62. The highest BCUT2D eigenvalue weighted by molar-refractivity contribution is 6.03. The molecule has 2 saturated heterocycles. The minimum atomic E-state index is -4.84. The number of hydrogen-bond acceptors (Lipinski definition) is 6. The van der Waals surface area contributed by atoms with E-state index in [4.69, 9.17) is 10.5 Å². The number of hydrogen-bond donors (Lipinski definition) is 4. The zero-order chi connectivity index (χ0) is 29.9. The van der Waals surface area contributed by atoms with Gasteiger partial charge in [0, 0.05) is 31.4 Å². The van der Waals surface area contributed by atoms with Crippen molar-refractivity contribution in [2.45, 2.75) is 24.4 Å². The number of carbonyl (C=O) groups excluding carboxylic acids is 2. The molecule has 5 rings (SSSR count). The van der Waals surface area contributed by atoms with E-state index in [1.807, 2.05) is 0 Å². The molecule has 0 spiro atoms. The number of anilines is 3. The SMILES string of the molecule is Nc1ccccc1NC(=O)/C=C/c1ccc(C(NCCN2CC3OC[C@H]32)C(=O)Nc2ccc(C(F)(F)F)c(F)c2)cc1. The van der Waals surface area contributed by atoms with Crippen molar-refractivity contribution in [1.82, 2.24) is 10.2 Å². The molecule has 12 heteroatoms. The Labute approximate surface area is 239 Å². The van der Waals surface area contributed by atoms with Crippen molar-refractivity contribution >= 4 is 35.0 Å². The van der Waals surface area contributed by atoms with Crippen LogP contribution in [0.15, 0.2) is 72.8 Å². The summed E-state index contributed by atoms with van der Waals surface area (Å²) in [6, 6.07) is 15.5. The quantitative estimate of drug-likeness (QED) is 0.160. The van der Waals surface area contributed by atoms with E-state index in [1.54, 1.807) is 54.6 Å². The van der Waals surface area contributed by atoms with E-state index >= 15 is 0 Å². The second kappa shape index (κ2) is 12.3. The van der Waals surface area contributed by atoms with Crippen LogP contribution in [-0.4, -0.2) is 55.1 Å². The maximum absolute atomic E-state index is 14.1. The molecule has 0 aromatic heterocycles. The monoisotopic (exact) mass is 583 g/mol. The predicted molar refractivity (Wildman–Crippen MR) is 151 cm³/mol. The molecule has 2 unspecified atom stereocenters. The van der Waals surface area contributed by atoms with Crippen LogP contribution in [0.2, 0.25) is 0 Å². The van der Waals surface area contributed by atoms with Gasteiger partial charge in [0.1, 0.15) is 11.9 Å². The van der Waals surface area contributed by atoms with Gasteiger partial charge in [0.05, 0.1) is 35.7 Å². The number of morpholine rings is 1. The number of rotatable bonds is 10. The number of nitrogens with zero attached hydrogens (tertiary/aromatic N) is 1. The van der Waals surface area contributed by atoms with Crippen LogP contribution in [0.3, 0.4) is 0 Å². The molecule has 5 N–H and O–H groups in total. The summed E-state index contributed by atoms with van der Waals surface area (Å²) in [6.07, 6.45) is -1.62. The fourth-order valence-electron chi connectivity index (χ4n) is 4.83. The smallest absolute Gasteiger partial charge is 0.397 e. The lowest BCUT2D eigenvalue weighted by Crippen LogP contribution is -2.71. The lowest BCUT2D eigenvalue weighted by molar-refractivity contribution is -0.213. The molecule has 42 heavy (non-hydrogen) atoms. The summed E-state index contributed by atoms with van der Waals surface area (Å²) in [5.74, 6) is -2.41. The third-order valence-electron chi connectivity index (χ3n) is 7.26. The molecule has 0 aliphatic carbocycles. The van der Waals surface area contributed by atoms with Crippen LogP contribution in [0.4, 0.5) is 34.6 Å². The Morgan fingerprint density at radius 1 is 1.07 bits per heavy atom. The number of ether oxygens (including phenoxy) is 1. The Balaban J connectivity index is 1.26. The molecule has 0 bridgehead atoms. The van der Waals surface area contributed by atoms with Gasteiger partial charge in [0.15, 0.2) is 0 Å². The summed E-state index contributed by atoms with van der Waals surface area (Å²) >= 11 is 0. The van der Waals surface area contributed by atoms with E-state index in [0.29, 0.717) is 60.4 Å². The first-order valence-electron chi connectivity index (χ1n) is 13.3. The van der Waals surface area contributed by atoms with Gasteiger partial charge in [-0.05, 0) is 47.5 Å². The molecule has 8 nitrogen and oxygen atoms in total. The van der Waals surface area contributed by atoms with E-state index in [0.717, 1.165) is 12.6 Å². The molecule has 2 aliphatic heterocycles. The minimum Gasteiger partial charge on any atom is -0.397 e. The Morgan fingerprint density at radius 3 is 2.45 bits per heavy atom. The van der Waals surface area contributed by atoms with E-state index < -0.39 is 29.5 Å². The maximum atomic E-state index is 14.1. The Bertz CT molecular complexity index is 1480. The molecule has 3 aromatic carbocycles. The van der Waals surface area contributed by atoms with Crippen molar-refractivity contribution in [3.8, 4) is 0 Å². The van der Waals surface area contributed by atoms with Crippen molar-refractivity contribution in [3.63, 3.8) is 0 Å². The standard InChI is InChI=1S/C30H29F4N5O3/c31-22-15-20(10-11-21(22)30(32,33)34)37-29(41)28(36-13-14-39-16-26-25(39)17-42-26)19-8-5-18(6-9-19)7-12-27(40)38-24-4-2-1-3-23(24)35/h1-12,15,25-26,28,36H,13-14,16-17,35H2,(H,37,41)(H,38,40)/b12-7+/t25-,26?,28?/m1/s1. The van der Waals surface area contributed by atoms with Crippen molar-refractivity contribution in [2.75, 3.05) is 42.6 Å². The first-order chi connectivity index (χ1) is 20.1. The fraction of sp³-hybridized carbons (Fsp3) is 0.267. The zero-order valence-electron chi connectivity index (χ0n) is 22.3.